The van der Waals surface area contributed by atoms with Gasteiger partial charge < -0.3 is 5.11 Å². The Morgan fingerprint density at radius 1 is 0.857 bits per heavy atom. The van der Waals surface area contributed by atoms with Crippen LogP contribution < -0.4 is 0 Å². The SMILES string of the molecule is CC1CCCC(O)(c2ccc(-c3ccccc3)cc2)CC1. The average Bonchev–Trinajstić information content (AvgIpc) is 2.71. The molecule has 1 N–H and O–H groups in total. The predicted octanol–water partition coefficient (Wildman–Crippen LogP) is 5.14. The molecule has 1 saturated carbocycles. The molecule has 1 fully saturated rings. The normalized spacial score (nSPS) is 26.3. The number of benzene rings is 2. The summed E-state index contributed by atoms with van der Waals surface area (Å²) in [5.74, 6) is 0.739. The molecule has 0 spiro atoms. The van der Waals surface area contributed by atoms with E-state index in [0.717, 1.165) is 37.2 Å². The maximum absolute atomic E-state index is 11.0. The second-order valence-corrected chi connectivity index (χ2v) is 6.51. The molecule has 110 valence electrons. The lowest BCUT2D eigenvalue weighted by Gasteiger charge is -2.27. The first-order valence-electron chi connectivity index (χ1n) is 8.06. The van der Waals surface area contributed by atoms with Crippen LogP contribution in [0.25, 0.3) is 11.1 Å². The van der Waals surface area contributed by atoms with Crippen LogP contribution >= 0.6 is 0 Å². The van der Waals surface area contributed by atoms with Gasteiger partial charge in [0.1, 0.15) is 0 Å². The molecule has 2 atom stereocenters. The summed E-state index contributed by atoms with van der Waals surface area (Å²) in [5.41, 5.74) is 2.90. The molecule has 2 aromatic carbocycles. The second-order valence-electron chi connectivity index (χ2n) is 6.51. The highest BCUT2D eigenvalue weighted by atomic mass is 16.3. The van der Waals surface area contributed by atoms with Crippen LogP contribution in [0.3, 0.4) is 0 Å². The molecule has 3 rings (SSSR count). The van der Waals surface area contributed by atoms with Crippen molar-refractivity contribution in [3.63, 3.8) is 0 Å². The fraction of sp³-hybridized carbons (Fsp3) is 0.400. The molecule has 0 radical (unpaired) electrons. The molecule has 1 nitrogen and oxygen atoms in total. The van der Waals surface area contributed by atoms with Crippen LogP contribution in [-0.2, 0) is 5.60 Å². The average molecular weight is 280 g/mol. The Kier molecular flexibility index (Phi) is 4.12. The quantitative estimate of drug-likeness (QED) is 0.755. The van der Waals surface area contributed by atoms with Crippen molar-refractivity contribution in [3.8, 4) is 11.1 Å². The fourth-order valence-corrected chi connectivity index (χ4v) is 3.39. The molecule has 0 aromatic heterocycles. The highest BCUT2D eigenvalue weighted by Crippen LogP contribution is 2.38. The first-order chi connectivity index (χ1) is 10.2. The van der Waals surface area contributed by atoms with Crippen molar-refractivity contribution >= 4 is 0 Å². The van der Waals surface area contributed by atoms with Gasteiger partial charge in [-0.05, 0) is 48.3 Å². The van der Waals surface area contributed by atoms with E-state index in [4.69, 9.17) is 0 Å². The smallest absolute Gasteiger partial charge is 0.0896 e. The molecule has 1 aliphatic carbocycles. The van der Waals surface area contributed by atoms with E-state index in [0.29, 0.717) is 0 Å². The van der Waals surface area contributed by atoms with Gasteiger partial charge in [0.2, 0.25) is 0 Å². The summed E-state index contributed by atoms with van der Waals surface area (Å²) in [4.78, 5) is 0. The minimum atomic E-state index is -0.625. The van der Waals surface area contributed by atoms with Gasteiger partial charge >= 0.3 is 0 Å². The molecule has 0 aliphatic heterocycles. The van der Waals surface area contributed by atoms with Gasteiger partial charge in [0.15, 0.2) is 0 Å². The largest absolute Gasteiger partial charge is 0.385 e. The van der Waals surface area contributed by atoms with Crippen molar-refractivity contribution in [3.05, 3.63) is 60.2 Å². The minimum Gasteiger partial charge on any atom is -0.385 e. The summed E-state index contributed by atoms with van der Waals surface area (Å²) in [6.07, 6.45) is 5.26. The maximum Gasteiger partial charge on any atom is 0.0896 e. The molecular weight excluding hydrogens is 256 g/mol. The van der Waals surface area contributed by atoms with E-state index in [-0.39, 0.29) is 0 Å². The summed E-state index contributed by atoms with van der Waals surface area (Å²) in [7, 11) is 0. The van der Waals surface area contributed by atoms with Crippen molar-refractivity contribution in [2.45, 2.75) is 44.6 Å². The molecule has 1 aliphatic rings. The zero-order valence-electron chi connectivity index (χ0n) is 12.8. The molecule has 0 heterocycles. The number of rotatable bonds is 2. The van der Waals surface area contributed by atoms with Gasteiger partial charge in [-0.3, -0.25) is 0 Å². The van der Waals surface area contributed by atoms with Crippen LogP contribution in [0.4, 0.5) is 0 Å². The molecule has 2 aromatic rings. The van der Waals surface area contributed by atoms with Crippen LogP contribution in [0, 0.1) is 5.92 Å². The van der Waals surface area contributed by atoms with Gasteiger partial charge in [0, 0.05) is 0 Å². The van der Waals surface area contributed by atoms with Gasteiger partial charge in [-0.25, -0.2) is 0 Å². The molecule has 1 heteroatoms. The molecule has 0 saturated heterocycles. The van der Waals surface area contributed by atoms with E-state index in [2.05, 4.69) is 55.5 Å². The highest BCUT2D eigenvalue weighted by Gasteiger charge is 2.31. The Labute approximate surface area is 127 Å². The first kappa shape index (κ1) is 14.3. The molecule has 21 heavy (non-hydrogen) atoms. The van der Waals surface area contributed by atoms with E-state index in [1.165, 1.54) is 17.5 Å². The minimum absolute atomic E-state index is 0.625. The third kappa shape index (κ3) is 3.19. The predicted molar refractivity (Wildman–Crippen MR) is 88.0 cm³/mol. The Morgan fingerprint density at radius 3 is 2.24 bits per heavy atom. The first-order valence-corrected chi connectivity index (χ1v) is 8.06. The molecular formula is C20H24O. The highest BCUT2D eigenvalue weighted by molar-refractivity contribution is 5.63. The van der Waals surface area contributed by atoms with Crippen LogP contribution in [0.1, 0.15) is 44.6 Å². The third-order valence-electron chi connectivity index (χ3n) is 4.87. The van der Waals surface area contributed by atoms with Gasteiger partial charge in [0.25, 0.3) is 0 Å². The van der Waals surface area contributed by atoms with Gasteiger partial charge in [-0.1, -0.05) is 67.9 Å². The van der Waals surface area contributed by atoms with Crippen molar-refractivity contribution in [1.29, 1.82) is 0 Å². The standard InChI is InChI=1S/C20H24O/c1-16-6-5-14-20(21,15-13-16)19-11-9-18(10-12-19)17-7-3-2-4-8-17/h2-4,7-12,16,21H,5-6,13-15H2,1H3. The molecule has 0 amide bonds. The van der Waals surface area contributed by atoms with Crippen molar-refractivity contribution in [2.24, 2.45) is 5.92 Å². The van der Waals surface area contributed by atoms with Crippen LogP contribution in [0.5, 0.6) is 0 Å². The lowest BCUT2D eigenvalue weighted by Crippen LogP contribution is -2.24. The zero-order valence-corrected chi connectivity index (χ0v) is 12.8. The summed E-state index contributed by atoms with van der Waals surface area (Å²) < 4.78 is 0. The Bertz CT molecular complexity index is 573. The molecule has 2 unspecified atom stereocenters. The van der Waals surface area contributed by atoms with E-state index in [1.54, 1.807) is 0 Å². The lowest BCUT2D eigenvalue weighted by molar-refractivity contribution is 0.0198. The van der Waals surface area contributed by atoms with Crippen molar-refractivity contribution in [2.75, 3.05) is 0 Å². The van der Waals surface area contributed by atoms with Crippen LogP contribution in [-0.4, -0.2) is 5.11 Å². The van der Waals surface area contributed by atoms with Crippen molar-refractivity contribution < 1.29 is 5.11 Å². The zero-order chi connectivity index (χ0) is 14.7. The third-order valence-corrected chi connectivity index (χ3v) is 4.87. The van der Waals surface area contributed by atoms with E-state index in [9.17, 15) is 5.11 Å². The second kappa shape index (κ2) is 6.03. The summed E-state index contributed by atoms with van der Waals surface area (Å²) in [5, 5.41) is 11.0. The fourth-order valence-electron chi connectivity index (χ4n) is 3.39. The Hall–Kier alpha value is -1.60. The maximum atomic E-state index is 11.0. The summed E-state index contributed by atoms with van der Waals surface area (Å²) in [6.45, 7) is 2.30. The van der Waals surface area contributed by atoms with Gasteiger partial charge in [-0.15, -0.1) is 0 Å². The Balaban J connectivity index is 1.83. The van der Waals surface area contributed by atoms with Gasteiger partial charge in [-0.2, -0.15) is 0 Å². The summed E-state index contributed by atoms with van der Waals surface area (Å²) >= 11 is 0. The van der Waals surface area contributed by atoms with Gasteiger partial charge in [0.05, 0.1) is 5.60 Å². The van der Waals surface area contributed by atoms with E-state index >= 15 is 0 Å². The summed E-state index contributed by atoms with van der Waals surface area (Å²) in [6, 6.07) is 18.9. The van der Waals surface area contributed by atoms with E-state index in [1.807, 2.05) is 6.07 Å². The topological polar surface area (TPSA) is 20.2 Å². The number of hydrogen-bond acceptors (Lipinski definition) is 1. The lowest BCUT2D eigenvalue weighted by atomic mass is 9.85. The monoisotopic (exact) mass is 280 g/mol. The van der Waals surface area contributed by atoms with E-state index < -0.39 is 5.60 Å². The van der Waals surface area contributed by atoms with Crippen molar-refractivity contribution in [1.82, 2.24) is 0 Å². The molecule has 0 bridgehead atoms. The Morgan fingerprint density at radius 2 is 1.52 bits per heavy atom. The number of aliphatic hydroxyl groups is 1. The number of hydrogen-bond donors (Lipinski definition) is 1. The van der Waals surface area contributed by atoms with Crippen LogP contribution in [0.2, 0.25) is 0 Å². The van der Waals surface area contributed by atoms with Crippen LogP contribution in [0.15, 0.2) is 54.6 Å².